The van der Waals surface area contributed by atoms with Crippen LogP contribution in [0, 0.1) is 17.1 Å². The first-order valence-electron chi connectivity index (χ1n) is 7.40. The van der Waals surface area contributed by atoms with Crippen molar-refractivity contribution in [1.29, 1.82) is 5.26 Å². The summed E-state index contributed by atoms with van der Waals surface area (Å²) in [6, 6.07) is 8.42. The van der Waals surface area contributed by atoms with Gasteiger partial charge in [0.25, 0.3) is 0 Å². The van der Waals surface area contributed by atoms with E-state index < -0.39 is 5.82 Å². The predicted octanol–water partition coefficient (Wildman–Crippen LogP) is 2.51. The Morgan fingerprint density at radius 2 is 2.04 bits per heavy atom. The van der Waals surface area contributed by atoms with Crippen molar-refractivity contribution in [1.82, 2.24) is 14.5 Å². The van der Waals surface area contributed by atoms with E-state index in [1.807, 2.05) is 12.1 Å². The lowest BCUT2D eigenvalue weighted by atomic mass is 10.1. The summed E-state index contributed by atoms with van der Waals surface area (Å²) in [5.74, 6) is 0.786. The van der Waals surface area contributed by atoms with Crippen LogP contribution in [-0.2, 0) is 6.42 Å². The fraction of sp³-hybridized carbons (Fsp3) is 0.125. The molecule has 0 saturated heterocycles. The van der Waals surface area contributed by atoms with Crippen molar-refractivity contribution in [2.75, 3.05) is 10.9 Å². The lowest BCUT2D eigenvalue weighted by Crippen LogP contribution is -2.18. The van der Waals surface area contributed by atoms with E-state index in [-0.39, 0.29) is 18.5 Å². The summed E-state index contributed by atoms with van der Waals surface area (Å²) >= 11 is 0. The SMILES string of the molecule is N#CCCc1c(F)cccc1-n1c2c([nH]c1=O)NNc1[nH]ccc1-2. The first-order chi connectivity index (χ1) is 11.7. The van der Waals surface area contributed by atoms with Crippen LogP contribution in [0.4, 0.5) is 16.0 Å². The number of imidazole rings is 1. The predicted molar refractivity (Wildman–Crippen MR) is 87.3 cm³/mol. The first-order valence-corrected chi connectivity index (χ1v) is 7.40. The highest BCUT2D eigenvalue weighted by molar-refractivity contribution is 5.86. The van der Waals surface area contributed by atoms with Crippen molar-refractivity contribution in [3.63, 3.8) is 0 Å². The zero-order chi connectivity index (χ0) is 16.7. The van der Waals surface area contributed by atoms with Gasteiger partial charge in [0.1, 0.15) is 17.3 Å². The molecule has 24 heavy (non-hydrogen) atoms. The molecule has 0 spiro atoms. The van der Waals surface area contributed by atoms with Crippen LogP contribution in [0.3, 0.4) is 0 Å². The van der Waals surface area contributed by atoms with Crippen molar-refractivity contribution >= 4 is 11.6 Å². The van der Waals surface area contributed by atoms with E-state index in [1.54, 1.807) is 18.3 Å². The number of nitriles is 1. The molecule has 0 unspecified atom stereocenters. The number of anilines is 2. The molecule has 1 aliphatic heterocycles. The van der Waals surface area contributed by atoms with Gasteiger partial charge < -0.3 is 4.98 Å². The van der Waals surface area contributed by atoms with Gasteiger partial charge in [-0.1, -0.05) is 6.07 Å². The molecule has 2 aromatic heterocycles. The quantitative estimate of drug-likeness (QED) is 0.594. The molecular formula is C16H13FN6O. The minimum absolute atomic E-state index is 0.171. The molecule has 0 bridgehead atoms. The Morgan fingerprint density at radius 3 is 2.88 bits per heavy atom. The number of hydrogen-bond donors (Lipinski definition) is 4. The number of nitrogens with zero attached hydrogens (tertiary/aromatic N) is 2. The number of aromatic amines is 2. The standard InChI is InChI=1S/C16H13FN6O/c17-11-4-1-5-12(9(11)3-2-7-18)23-13-10-6-8-19-14(10)21-22-15(13)20-16(23)24/h1,4-6,8,19,21-22H,2-3H2,(H,20,24). The van der Waals surface area contributed by atoms with Crippen LogP contribution in [0.25, 0.3) is 16.9 Å². The number of H-pyrrole nitrogens is 2. The fourth-order valence-corrected chi connectivity index (χ4v) is 2.99. The van der Waals surface area contributed by atoms with Crippen LogP contribution in [0.1, 0.15) is 12.0 Å². The molecule has 8 heteroatoms. The van der Waals surface area contributed by atoms with E-state index >= 15 is 0 Å². The van der Waals surface area contributed by atoms with E-state index in [1.165, 1.54) is 10.6 Å². The molecule has 1 aliphatic rings. The van der Waals surface area contributed by atoms with E-state index in [4.69, 9.17) is 5.26 Å². The topological polar surface area (TPSA) is 101 Å². The zero-order valence-electron chi connectivity index (χ0n) is 12.5. The summed E-state index contributed by atoms with van der Waals surface area (Å²) < 4.78 is 15.7. The van der Waals surface area contributed by atoms with E-state index in [0.717, 1.165) is 5.56 Å². The van der Waals surface area contributed by atoms with Crippen molar-refractivity contribution in [3.05, 3.63) is 52.3 Å². The minimum atomic E-state index is -0.430. The fourth-order valence-electron chi connectivity index (χ4n) is 2.99. The average Bonchev–Trinajstić information content (AvgIpc) is 3.16. The number of fused-ring (bicyclic) bond motifs is 3. The highest BCUT2D eigenvalue weighted by Crippen LogP contribution is 2.37. The van der Waals surface area contributed by atoms with Gasteiger partial charge in [-0.05, 0) is 24.6 Å². The Balaban J connectivity index is 1.98. The number of nitrogens with one attached hydrogen (secondary N) is 4. The Hall–Kier alpha value is -3.47. The Labute approximate surface area is 135 Å². The molecule has 0 aliphatic carbocycles. The van der Waals surface area contributed by atoms with Gasteiger partial charge in [0, 0.05) is 23.7 Å². The molecule has 1 aromatic carbocycles. The number of rotatable bonds is 3. The molecule has 0 amide bonds. The number of aromatic nitrogens is 3. The van der Waals surface area contributed by atoms with Crippen molar-refractivity contribution in [3.8, 4) is 23.0 Å². The highest BCUT2D eigenvalue weighted by atomic mass is 19.1. The van der Waals surface area contributed by atoms with Crippen LogP contribution < -0.4 is 16.5 Å². The van der Waals surface area contributed by atoms with Crippen molar-refractivity contribution in [2.24, 2.45) is 0 Å². The summed E-state index contributed by atoms with van der Waals surface area (Å²) in [6.07, 6.45) is 2.15. The first kappa shape index (κ1) is 14.1. The van der Waals surface area contributed by atoms with Gasteiger partial charge in [-0.3, -0.25) is 20.4 Å². The Kier molecular flexibility index (Phi) is 3.13. The molecule has 3 heterocycles. The number of hydrogen-bond acceptors (Lipinski definition) is 4. The van der Waals surface area contributed by atoms with E-state index in [0.29, 0.717) is 28.6 Å². The smallest absolute Gasteiger partial charge is 0.332 e. The van der Waals surface area contributed by atoms with Crippen molar-refractivity contribution in [2.45, 2.75) is 12.8 Å². The second kappa shape index (κ2) is 5.31. The second-order valence-corrected chi connectivity index (χ2v) is 5.40. The van der Waals surface area contributed by atoms with Gasteiger partial charge in [0.2, 0.25) is 0 Å². The van der Waals surface area contributed by atoms with Crippen LogP contribution in [0.2, 0.25) is 0 Å². The van der Waals surface area contributed by atoms with Gasteiger partial charge in [-0.15, -0.1) is 0 Å². The number of benzene rings is 1. The molecule has 0 fully saturated rings. The van der Waals surface area contributed by atoms with Gasteiger partial charge in [-0.25, -0.2) is 9.18 Å². The molecule has 7 nitrogen and oxygen atoms in total. The third-order valence-corrected chi connectivity index (χ3v) is 4.03. The third kappa shape index (κ3) is 1.99. The summed E-state index contributed by atoms with van der Waals surface area (Å²) in [5, 5.41) is 8.82. The van der Waals surface area contributed by atoms with Crippen LogP contribution in [0.15, 0.2) is 35.3 Å². The third-order valence-electron chi connectivity index (χ3n) is 4.03. The maximum Gasteiger partial charge on any atom is 0.332 e. The molecule has 3 aromatic rings. The van der Waals surface area contributed by atoms with Crippen LogP contribution >= 0.6 is 0 Å². The molecule has 4 N–H and O–H groups in total. The largest absolute Gasteiger partial charge is 0.347 e. The Morgan fingerprint density at radius 1 is 1.21 bits per heavy atom. The van der Waals surface area contributed by atoms with Gasteiger partial charge in [0.15, 0.2) is 5.82 Å². The summed E-state index contributed by atoms with van der Waals surface area (Å²) in [6.45, 7) is 0. The van der Waals surface area contributed by atoms with Gasteiger partial charge in [0.05, 0.1) is 11.8 Å². The molecular weight excluding hydrogens is 311 g/mol. The molecule has 0 saturated carbocycles. The lowest BCUT2D eigenvalue weighted by molar-refractivity contribution is 0.607. The molecule has 4 rings (SSSR count). The second-order valence-electron chi connectivity index (χ2n) is 5.40. The molecule has 0 radical (unpaired) electrons. The van der Waals surface area contributed by atoms with Crippen LogP contribution in [0.5, 0.6) is 0 Å². The highest BCUT2D eigenvalue weighted by Gasteiger charge is 2.25. The normalized spacial score (nSPS) is 11.8. The number of hydrazine groups is 1. The number of halogens is 1. The molecule has 120 valence electrons. The van der Waals surface area contributed by atoms with E-state index in [2.05, 4.69) is 20.8 Å². The Bertz CT molecular complexity index is 1020. The molecule has 0 atom stereocenters. The summed E-state index contributed by atoms with van der Waals surface area (Å²) in [7, 11) is 0. The zero-order valence-corrected chi connectivity index (χ0v) is 12.5. The maximum absolute atomic E-state index is 14.3. The minimum Gasteiger partial charge on any atom is -0.347 e. The monoisotopic (exact) mass is 324 g/mol. The average molecular weight is 324 g/mol. The van der Waals surface area contributed by atoms with Gasteiger partial charge in [-0.2, -0.15) is 5.26 Å². The summed E-state index contributed by atoms with van der Waals surface area (Å²) in [5.41, 5.74) is 7.65. The van der Waals surface area contributed by atoms with Crippen LogP contribution in [-0.4, -0.2) is 14.5 Å². The maximum atomic E-state index is 14.3. The van der Waals surface area contributed by atoms with Crippen molar-refractivity contribution < 1.29 is 4.39 Å². The summed E-state index contributed by atoms with van der Waals surface area (Å²) in [4.78, 5) is 18.3. The van der Waals surface area contributed by atoms with E-state index in [9.17, 15) is 9.18 Å². The van der Waals surface area contributed by atoms with Gasteiger partial charge >= 0.3 is 5.69 Å². The lowest BCUT2D eigenvalue weighted by Gasteiger charge is -2.19.